The van der Waals surface area contributed by atoms with Crippen molar-refractivity contribution < 1.29 is 9.63 Å². The summed E-state index contributed by atoms with van der Waals surface area (Å²) in [7, 11) is 0. The van der Waals surface area contributed by atoms with Gasteiger partial charge in [0.15, 0.2) is 0 Å². The van der Waals surface area contributed by atoms with Gasteiger partial charge in [0.05, 0.1) is 6.61 Å². The van der Waals surface area contributed by atoms with Crippen LogP contribution >= 0.6 is 0 Å². The minimum atomic E-state index is -0.471. The molecule has 0 spiro atoms. The summed E-state index contributed by atoms with van der Waals surface area (Å²) < 4.78 is 0. The molecule has 3 N–H and O–H groups in total. The molecule has 11 heavy (non-hydrogen) atoms. The van der Waals surface area contributed by atoms with Gasteiger partial charge in [-0.2, -0.15) is 0 Å². The lowest BCUT2D eigenvalue weighted by Crippen LogP contribution is -2.39. The normalized spacial score (nSPS) is 11.3. The molecular weight excluding hydrogens is 144 g/mol. The quantitative estimate of drug-likeness (QED) is 0.577. The van der Waals surface area contributed by atoms with Crippen molar-refractivity contribution in [2.24, 2.45) is 5.73 Å². The number of amides is 1. The highest BCUT2D eigenvalue weighted by molar-refractivity contribution is 5.75. The molecule has 0 saturated heterocycles. The molecule has 1 amide bonds. The molecule has 0 saturated carbocycles. The predicted octanol–water partition coefficient (Wildman–Crippen LogP) is 0.181. The van der Waals surface area contributed by atoms with Crippen LogP contribution in [0.5, 0.6) is 0 Å². The minimum absolute atomic E-state index is 0.181. The van der Waals surface area contributed by atoms with Crippen molar-refractivity contribution in [3.8, 4) is 0 Å². The van der Waals surface area contributed by atoms with Crippen LogP contribution < -0.4 is 11.2 Å². The Morgan fingerprint density at radius 1 is 1.64 bits per heavy atom. The molecule has 0 heterocycles. The van der Waals surface area contributed by atoms with Crippen LogP contribution in [0.4, 0.5) is 0 Å². The maximum atomic E-state index is 10.9. The van der Waals surface area contributed by atoms with Crippen molar-refractivity contribution in [1.29, 1.82) is 0 Å². The topological polar surface area (TPSA) is 64.3 Å². The summed E-state index contributed by atoms with van der Waals surface area (Å²) in [6.07, 6.45) is 0.271. The fraction of sp³-hybridized carbons (Fsp3) is 0.857. The van der Waals surface area contributed by atoms with Crippen LogP contribution in [-0.2, 0) is 9.63 Å². The maximum absolute atomic E-state index is 10.9. The smallest absolute Gasteiger partial charge is 0.245 e. The molecule has 0 rings (SSSR count). The third kappa shape index (κ3) is 7.29. The van der Waals surface area contributed by atoms with E-state index in [4.69, 9.17) is 5.73 Å². The monoisotopic (exact) mass is 160 g/mol. The highest BCUT2D eigenvalue weighted by atomic mass is 16.6. The molecule has 0 atom stereocenters. The van der Waals surface area contributed by atoms with Gasteiger partial charge in [0.1, 0.15) is 0 Å². The van der Waals surface area contributed by atoms with E-state index in [0.717, 1.165) is 0 Å². The third-order valence-electron chi connectivity index (χ3n) is 0.947. The maximum Gasteiger partial charge on any atom is 0.245 e. The molecule has 0 aromatic rings. The van der Waals surface area contributed by atoms with Crippen molar-refractivity contribution >= 4 is 5.91 Å². The summed E-state index contributed by atoms with van der Waals surface area (Å²) in [6, 6.07) is 0. The summed E-state index contributed by atoms with van der Waals surface area (Å²) in [5, 5.41) is 0. The number of nitrogens with two attached hydrogens (primary N) is 1. The summed E-state index contributed by atoms with van der Waals surface area (Å²) in [6.45, 7) is 5.85. The van der Waals surface area contributed by atoms with Gasteiger partial charge >= 0.3 is 0 Å². The van der Waals surface area contributed by atoms with E-state index in [1.165, 1.54) is 0 Å². The van der Waals surface area contributed by atoms with Crippen LogP contribution in [0, 0.1) is 0 Å². The molecule has 0 aromatic heterocycles. The lowest BCUT2D eigenvalue weighted by molar-refractivity contribution is -0.134. The largest absolute Gasteiger partial charge is 0.325 e. The lowest BCUT2D eigenvalue weighted by atomic mass is 10.0. The number of hydrogen-bond donors (Lipinski definition) is 2. The first-order valence-corrected chi connectivity index (χ1v) is 3.65. The van der Waals surface area contributed by atoms with Gasteiger partial charge < -0.3 is 5.73 Å². The third-order valence-corrected chi connectivity index (χ3v) is 0.947. The average molecular weight is 160 g/mol. The summed E-state index contributed by atoms with van der Waals surface area (Å²) in [4.78, 5) is 15.6. The summed E-state index contributed by atoms with van der Waals surface area (Å²) in [5.41, 5.74) is 7.39. The number of carbonyl (C=O) groups is 1. The molecule has 0 aromatic carbocycles. The summed E-state index contributed by atoms with van der Waals surface area (Å²) >= 11 is 0. The molecule has 0 bridgehead atoms. The zero-order valence-electron chi connectivity index (χ0n) is 7.31. The first kappa shape index (κ1) is 10.4. The fourth-order valence-corrected chi connectivity index (χ4v) is 0.603. The van der Waals surface area contributed by atoms with E-state index in [9.17, 15) is 4.79 Å². The number of hydrogen-bond acceptors (Lipinski definition) is 3. The van der Waals surface area contributed by atoms with Crippen LogP contribution in [0.25, 0.3) is 0 Å². The van der Waals surface area contributed by atoms with Gasteiger partial charge in [-0.1, -0.05) is 0 Å². The first-order valence-electron chi connectivity index (χ1n) is 3.65. The van der Waals surface area contributed by atoms with Gasteiger partial charge in [0, 0.05) is 12.0 Å². The Balaban J connectivity index is 3.53. The van der Waals surface area contributed by atoms with Crippen molar-refractivity contribution in [3.63, 3.8) is 0 Å². The van der Waals surface area contributed by atoms with E-state index in [2.05, 4.69) is 10.3 Å². The lowest BCUT2D eigenvalue weighted by Gasteiger charge is -2.16. The molecule has 4 heteroatoms. The molecule has 0 fully saturated rings. The molecule has 0 aliphatic rings. The van der Waals surface area contributed by atoms with Gasteiger partial charge in [0.2, 0.25) is 5.91 Å². The molecule has 0 radical (unpaired) electrons. The Labute approximate surface area is 67.0 Å². The number of rotatable bonds is 4. The molecule has 0 aliphatic heterocycles. The summed E-state index contributed by atoms with van der Waals surface area (Å²) in [5.74, 6) is -0.181. The molecule has 0 unspecified atom stereocenters. The molecular formula is C7H16N2O2. The highest BCUT2D eigenvalue weighted by Gasteiger charge is 2.15. The van der Waals surface area contributed by atoms with Gasteiger partial charge in [-0.3, -0.25) is 9.63 Å². The second-order valence-electron chi connectivity index (χ2n) is 3.12. The average Bonchev–Trinajstić information content (AvgIpc) is 1.79. The number of carbonyl (C=O) groups excluding carboxylic acids is 1. The van der Waals surface area contributed by atoms with Crippen molar-refractivity contribution in [2.45, 2.75) is 32.7 Å². The Morgan fingerprint density at radius 2 is 2.18 bits per heavy atom. The second kappa shape index (κ2) is 4.31. The SMILES string of the molecule is CCONC(=O)CC(C)(C)N. The van der Waals surface area contributed by atoms with E-state index < -0.39 is 5.54 Å². The van der Waals surface area contributed by atoms with Crippen LogP contribution in [0.2, 0.25) is 0 Å². The predicted molar refractivity (Wildman–Crippen MR) is 42.7 cm³/mol. The highest BCUT2D eigenvalue weighted by Crippen LogP contribution is 2.01. The van der Waals surface area contributed by atoms with Crippen LogP contribution in [0.3, 0.4) is 0 Å². The Hall–Kier alpha value is -0.610. The van der Waals surface area contributed by atoms with E-state index in [0.29, 0.717) is 6.61 Å². The van der Waals surface area contributed by atoms with Crippen LogP contribution in [-0.4, -0.2) is 18.1 Å². The van der Waals surface area contributed by atoms with Crippen LogP contribution in [0.15, 0.2) is 0 Å². The molecule has 66 valence electrons. The Morgan fingerprint density at radius 3 is 2.55 bits per heavy atom. The van der Waals surface area contributed by atoms with Crippen LogP contribution in [0.1, 0.15) is 27.2 Å². The molecule has 0 aliphatic carbocycles. The van der Waals surface area contributed by atoms with E-state index >= 15 is 0 Å². The Bertz CT molecular complexity index is 129. The van der Waals surface area contributed by atoms with E-state index in [-0.39, 0.29) is 12.3 Å². The first-order chi connectivity index (χ1) is 4.95. The minimum Gasteiger partial charge on any atom is -0.325 e. The molecule has 4 nitrogen and oxygen atoms in total. The fourth-order valence-electron chi connectivity index (χ4n) is 0.603. The van der Waals surface area contributed by atoms with E-state index in [1.807, 2.05) is 0 Å². The standard InChI is InChI=1S/C7H16N2O2/c1-4-11-9-6(10)5-7(2,3)8/h4-5,8H2,1-3H3,(H,9,10). The van der Waals surface area contributed by atoms with Gasteiger partial charge in [-0.15, -0.1) is 0 Å². The van der Waals surface area contributed by atoms with Crippen molar-refractivity contribution in [1.82, 2.24) is 5.48 Å². The number of hydroxylamine groups is 1. The van der Waals surface area contributed by atoms with Crippen molar-refractivity contribution in [2.75, 3.05) is 6.61 Å². The van der Waals surface area contributed by atoms with E-state index in [1.54, 1.807) is 20.8 Å². The Kier molecular flexibility index (Phi) is 4.07. The van der Waals surface area contributed by atoms with Crippen molar-refractivity contribution in [3.05, 3.63) is 0 Å². The van der Waals surface area contributed by atoms with Gasteiger partial charge in [0.25, 0.3) is 0 Å². The second-order valence-corrected chi connectivity index (χ2v) is 3.12. The number of nitrogens with one attached hydrogen (secondary N) is 1. The zero-order valence-corrected chi connectivity index (χ0v) is 7.31. The van der Waals surface area contributed by atoms with Gasteiger partial charge in [-0.25, -0.2) is 5.48 Å². The van der Waals surface area contributed by atoms with Gasteiger partial charge in [-0.05, 0) is 20.8 Å². The zero-order chi connectivity index (χ0) is 8.91.